The molecule has 88 valence electrons. The van der Waals surface area contributed by atoms with Crippen LogP contribution >= 0.6 is 11.8 Å². The number of hydrogen-bond donors (Lipinski definition) is 2. The minimum absolute atomic E-state index is 0.0923. The average molecular weight is 240 g/mol. The molecule has 0 radical (unpaired) electrons. The predicted octanol–water partition coefficient (Wildman–Crippen LogP) is 1.83. The van der Waals surface area contributed by atoms with Crippen molar-refractivity contribution in [3.8, 4) is 5.75 Å². The highest BCUT2D eigenvalue weighted by Crippen LogP contribution is 2.19. The molecule has 0 amide bonds. The number of aryl methyl sites for hydroxylation is 1. The molecule has 0 aliphatic rings. The summed E-state index contributed by atoms with van der Waals surface area (Å²) in [5.41, 5.74) is 7.21. The van der Waals surface area contributed by atoms with Crippen molar-refractivity contribution in [1.82, 2.24) is 0 Å². The molecule has 1 rings (SSSR count). The van der Waals surface area contributed by atoms with Gasteiger partial charge in [-0.05, 0) is 24.8 Å². The highest BCUT2D eigenvalue weighted by Gasteiger charge is 2.04. The first-order valence-electron chi connectivity index (χ1n) is 4.89. The van der Waals surface area contributed by atoms with Crippen LogP contribution in [0.4, 0.5) is 0 Å². The summed E-state index contributed by atoms with van der Waals surface area (Å²) in [6, 6.07) is 5.47. The molecule has 0 atom stereocenters. The van der Waals surface area contributed by atoms with Crippen molar-refractivity contribution in [3.05, 3.63) is 29.3 Å². The number of hydrogen-bond acceptors (Lipinski definition) is 4. The zero-order valence-electron chi connectivity index (χ0n) is 9.43. The van der Waals surface area contributed by atoms with E-state index in [0.717, 1.165) is 17.1 Å². The molecule has 3 N–H and O–H groups in total. The van der Waals surface area contributed by atoms with Crippen LogP contribution in [0.3, 0.4) is 0 Å². The fourth-order valence-corrected chi connectivity index (χ4v) is 1.46. The summed E-state index contributed by atoms with van der Waals surface area (Å²) in [6.45, 7) is 2.62. The van der Waals surface area contributed by atoms with Crippen LogP contribution in [-0.4, -0.2) is 29.7 Å². The normalized spacial score (nSPS) is 11.5. The minimum atomic E-state index is 0.0923. The van der Waals surface area contributed by atoms with Gasteiger partial charge in [-0.3, -0.25) is 0 Å². The molecule has 1 aromatic rings. The third kappa shape index (κ3) is 3.34. The highest BCUT2D eigenvalue weighted by atomic mass is 32.2. The first-order chi connectivity index (χ1) is 7.69. The standard InChI is InChI=1S/C11H16N2O2S/c1-8-3-4-9(11(12)13-14)7-10(8)15-5-6-16-2/h3-4,7,14H,5-6H2,1-2H3,(H2,12,13). The monoisotopic (exact) mass is 240 g/mol. The summed E-state index contributed by atoms with van der Waals surface area (Å²) in [6.07, 6.45) is 2.03. The van der Waals surface area contributed by atoms with Crippen molar-refractivity contribution >= 4 is 17.6 Å². The lowest BCUT2D eigenvalue weighted by Gasteiger charge is -2.09. The highest BCUT2D eigenvalue weighted by molar-refractivity contribution is 7.98. The Kier molecular flexibility index (Phi) is 4.98. The molecule has 0 aliphatic heterocycles. The molecule has 0 heterocycles. The second kappa shape index (κ2) is 6.27. The van der Waals surface area contributed by atoms with E-state index in [4.69, 9.17) is 15.7 Å². The molecule has 0 saturated carbocycles. The van der Waals surface area contributed by atoms with Gasteiger partial charge in [-0.2, -0.15) is 11.8 Å². The van der Waals surface area contributed by atoms with E-state index in [1.165, 1.54) is 0 Å². The molecule has 0 spiro atoms. The number of benzene rings is 1. The van der Waals surface area contributed by atoms with Crippen molar-refractivity contribution in [2.45, 2.75) is 6.92 Å². The predicted molar refractivity (Wildman–Crippen MR) is 67.6 cm³/mol. The summed E-state index contributed by atoms with van der Waals surface area (Å²) < 4.78 is 5.60. The smallest absolute Gasteiger partial charge is 0.170 e. The van der Waals surface area contributed by atoms with E-state index >= 15 is 0 Å². The first-order valence-corrected chi connectivity index (χ1v) is 6.28. The molecule has 0 bridgehead atoms. The lowest BCUT2D eigenvalue weighted by atomic mass is 10.1. The van der Waals surface area contributed by atoms with Gasteiger partial charge in [0.2, 0.25) is 0 Å². The van der Waals surface area contributed by atoms with E-state index in [1.807, 2.05) is 19.2 Å². The van der Waals surface area contributed by atoms with Gasteiger partial charge in [0.25, 0.3) is 0 Å². The third-order valence-electron chi connectivity index (χ3n) is 2.14. The van der Waals surface area contributed by atoms with Gasteiger partial charge < -0.3 is 15.7 Å². The molecule has 1 aromatic carbocycles. The lowest BCUT2D eigenvalue weighted by molar-refractivity contribution is 0.318. The second-order valence-corrected chi connectivity index (χ2v) is 4.29. The van der Waals surface area contributed by atoms with E-state index < -0.39 is 0 Å². The third-order valence-corrected chi connectivity index (χ3v) is 2.71. The van der Waals surface area contributed by atoms with Crippen molar-refractivity contribution in [2.24, 2.45) is 10.9 Å². The van der Waals surface area contributed by atoms with Gasteiger partial charge in [0.15, 0.2) is 5.84 Å². The Bertz CT molecular complexity index is 380. The Hall–Kier alpha value is -1.36. The molecule has 0 unspecified atom stereocenters. The number of ether oxygens (including phenoxy) is 1. The Morgan fingerprint density at radius 2 is 2.31 bits per heavy atom. The molecular weight excluding hydrogens is 224 g/mol. The Balaban J connectivity index is 2.82. The fourth-order valence-electron chi connectivity index (χ4n) is 1.21. The molecule has 0 aromatic heterocycles. The van der Waals surface area contributed by atoms with Crippen LogP contribution in [0.2, 0.25) is 0 Å². The van der Waals surface area contributed by atoms with Gasteiger partial charge in [-0.1, -0.05) is 17.3 Å². The maximum absolute atomic E-state index is 8.58. The zero-order valence-corrected chi connectivity index (χ0v) is 10.3. The zero-order chi connectivity index (χ0) is 12.0. The summed E-state index contributed by atoms with van der Waals surface area (Å²) in [7, 11) is 0. The molecule has 0 fully saturated rings. The Labute approximate surface area is 99.5 Å². The van der Waals surface area contributed by atoms with E-state index in [-0.39, 0.29) is 5.84 Å². The Morgan fingerprint density at radius 3 is 2.94 bits per heavy atom. The molecule has 5 heteroatoms. The van der Waals surface area contributed by atoms with Crippen LogP contribution in [0.15, 0.2) is 23.4 Å². The number of thioether (sulfide) groups is 1. The summed E-state index contributed by atoms with van der Waals surface area (Å²) in [5, 5.41) is 11.5. The van der Waals surface area contributed by atoms with Crippen LogP contribution in [-0.2, 0) is 0 Å². The summed E-state index contributed by atoms with van der Waals surface area (Å²) >= 11 is 1.73. The van der Waals surface area contributed by atoms with Crippen LogP contribution in [0, 0.1) is 6.92 Å². The molecule has 0 saturated heterocycles. The van der Waals surface area contributed by atoms with E-state index in [0.29, 0.717) is 12.2 Å². The first kappa shape index (κ1) is 12.7. The van der Waals surface area contributed by atoms with Gasteiger partial charge in [0.1, 0.15) is 5.75 Å². The minimum Gasteiger partial charge on any atom is -0.492 e. The number of nitrogens with zero attached hydrogens (tertiary/aromatic N) is 1. The summed E-state index contributed by atoms with van der Waals surface area (Å²) in [4.78, 5) is 0. The van der Waals surface area contributed by atoms with Crippen LogP contribution in [0.5, 0.6) is 5.75 Å². The van der Waals surface area contributed by atoms with Crippen LogP contribution < -0.4 is 10.5 Å². The van der Waals surface area contributed by atoms with Crippen molar-refractivity contribution < 1.29 is 9.94 Å². The number of amidine groups is 1. The maximum atomic E-state index is 8.58. The van der Waals surface area contributed by atoms with Crippen molar-refractivity contribution in [1.29, 1.82) is 0 Å². The molecule has 16 heavy (non-hydrogen) atoms. The fraction of sp³-hybridized carbons (Fsp3) is 0.364. The van der Waals surface area contributed by atoms with Crippen molar-refractivity contribution in [2.75, 3.05) is 18.6 Å². The number of oxime groups is 1. The van der Waals surface area contributed by atoms with E-state index in [1.54, 1.807) is 23.9 Å². The van der Waals surface area contributed by atoms with Crippen LogP contribution in [0.25, 0.3) is 0 Å². The van der Waals surface area contributed by atoms with Gasteiger partial charge in [0, 0.05) is 11.3 Å². The topological polar surface area (TPSA) is 67.8 Å². The van der Waals surface area contributed by atoms with Gasteiger partial charge in [-0.15, -0.1) is 0 Å². The molecule has 0 aliphatic carbocycles. The van der Waals surface area contributed by atoms with Crippen LogP contribution in [0.1, 0.15) is 11.1 Å². The lowest BCUT2D eigenvalue weighted by Crippen LogP contribution is -2.13. The van der Waals surface area contributed by atoms with Gasteiger partial charge >= 0.3 is 0 Å². The van der Waals surface area contributed by atoms with Gasteiger partial charge in [0.05, 0.1) is 6.61 Å². The molecular formula is C11H16N2O2S. The van der Waals surface area contributed by atoms with E-state index in [2.05, 4.69) is 5.16 Å². The summed E-state index contributed by atoms with van der Waals surface area (Å²) in [5.74, 6) is 1.81. The second-order valence-electron chi connectivity index (χ2n) is 3.31. The molecule has 4 nitrogen and oxygen atoms in total. The van der Waals surface area contributed by atoms with Gasteiger partial charge in [-0.25, -0.2) is 0 Å². The largest absolute Gasteiger partial charge is 0.492 e. The number of nitrogens with two attached hydrogens (primary N) is 1. The van der Waals surface area contributed by atoms with Crippen molar-refractivity contribution in [3.63, 3.8) is 0 Å². The average Bonchev–Trinajstić information content (AvgIpc) is 2.31. The van der Waals surface area contributed by atoms with E-state index in [9.17, 15) is 0 Å². The Morgan fingerprint density at radius 1 is 1.56 bits per heavy atom. The SMILES string of the molecule is CSCCOc1cc(/C(N)=N/O)ccc1C. The number of rotatable bonds is 5. The quantitative estimate of drug-likeness (QED) is 0.271. The maximum Gasteiger partial charge on any atom is 0.170 e.